The topological polar surface area (TPSA) is 209 Å². The predicted octanol–water partition coefficient (Wildman–Crippen LogP) is 5.67. The summed E-state index contributed by atoms with van der Waals surface area (Å²) in [6.45, 7) is 3.18. The summed E-state index contributed by atoms with van der Waals surface area (Å²) >= 11 is 0. The second-order valence-electron chi connectivity index (χ2n) is 14.3. The van der Waals surface area contributed by atoms with Gasteiger partial charge in [-0.1, -0.05) is 42.5 Å². The average molecular weight is 857 g/mol. The smallest absolute Gasteiger partial charge is 0.379 e. The van der Waals surface area contributed by atoms with Crippen molar-refractivity contribution in [2.45, 2.75) is 24.0 Å². The Morgan fingerprint density at radius 1 is 0.738 bits per heavy atom. The van der Waals surface area contributed by atoms with E-state index in [0.29, 0.717) is 72.8 Å². The van der Waals surface area contributed by atoms with Gasteiger partial charge in [-0.15, -0.1) is 0 Å². The Bertz CT molecular complexity index is 2610. The van der Waals surface area contributed by atoms with Crippen LogP contribution in [0.15, 0.2) is 109 Å². The van der Waals surface area contributed by atoms with E-state index in [1.807, 2.05) is 6.07 Å². The molecule has 2 fully saturated rings. The number of anilines is 2. The van der Waals surface area contributed by atoms with Gasteiger partial charge in [-0.3, -0.25) is 14.7 Å². The highest BCUT2D eigenvalue weighted by molar-refractivity contribution is 7.89. The number of primary amides is 1. The standard InChI is InChI=1S/C21H20F3N5O.C21H20FN5O3S/c22-21(23,24)17-2-3-18(15(9-17)13-29-5-7-30-8-6-29)14-1-4-19(26-10-14)16-11-27-20(25)28-12-16;22-18-9-13(5-6-16(18)15-10-25-21(24)26-11-15)17-3-1-2-4-19(17)31(29,30)27-8-7-14(12-27)20(23)28/h1-4,9-12H,5-8,13H2,(H2,25,27,28);1-6,9-11,14H,7-8,12H2,(H2,23,28)(H2,24,25,26)/t;14-/m.0/s1. The van der Waals surface area contributed by atoms with E-state index in [4.69, 9.17) is 21.9 Å². The molecule has 0 bridgehead atoms. The molecule has 14 nitrogen and oxygen atoms in total. The third-order valence-electron chi connectivity index (χ3n) is 10.3. The summed E-state index contributed by atoms with van der Waals surface area (Å²) in [5, 5.41) is 0. The molecule has 2 saturated heterocycles. The van der Waals surface area contributed by atoms with E-state index in [2.05, 4.69) is 29.8 Å². The molecule has 0 spiro atoms. The number of rotatable bonds is 9. The molecule has 3 aromatic carbocycles. The Morgan fingerprint density at radius 2 is 1.36 bits per heavy atom. The van der Waals surface area contributed by atoms with E-state index in [-0.39, 0.29) is 35.4 Å². The molecule has 1 amide bonds. The number of ether oxygens (including phenoxy) is 1. The van der Waals surface area contributed by atoms with E-state index < -0.39 is 39.4 Å². The minimum absolute atomic E-state index is 0.0381. The number of halogens is 4. The van der Waals surface area contributed by atoms with Crippen molar-refractivity contribution < 1.29 is 35.5 Å². The minimum Gasteiger partial charge on any atom is -0.379 e. The number of benzene rings is 3. The van der Waals surface area contributed by atoms with Crippen molar-refractivity contribution in [3.8, 4) is 44.6 Å². The number of hydrogen-bond acceptors (Lipinski definition) is 12. The highest BCUT2D eigenvalue weighted by Gasteiger charge is 2.36. The third kappa shape index (κ3) is 9.97. The molecule has 8 rings (SSSR count). The largest absolute Gasteiger partial charge is 0.416 e. The second-order valence-corrected chi connectivity index (χ2v) is 16.2. The molecular weight excluding hydrogens is 817 g/mol. The number of nitrogen functional groups attached to an aromatic ring is 2. The molecule has 3 aromatic heterocycles. The van der Waals surface area contributed by atoms with E-state index in [0.717, 1.165) is 17.2 Å². The van der Waals surface area contributed by atoms with Crippen LogP contribution in [-0.4, -0.2) is 87.8 Å². The van der Waals surface area contributed by atoms with Crippen LogP contribution in [0.25, 0.3) is 44.6 Å². The Hall–Kier alpha value is -6.41. The molecule has 6 N–H and O–H groups in total. The monoisotopic (exact) mass is 856 g/mol. The van der Waals surface area contributed by atoms with Crippen LogP contribution < -0.4 is 17.2 Å². The first-order valence-electron chi connectivity index (χ1n) is 19.0. The Morgan fingerprint density at radius 3 is 1.97 bits per heavy atom. The van der Waals surface area contributed by atoms with Crippen LogP contribution in [0, 0.1) is 11.7 Å². The van der Waals surface area contributed by atoms with E-state index in [1.165, 1.54) is 41.0 Å². The number of pyridine rings is 1. The summed E-state index contributed by atoms with van der Waals surface area (Å²) < 4.78 is 87.8. The zero-order valence-corrected chi connectivity index (χ0v) is 33.3. The first-order valence-corrected chi connectivity index (χ1v) is 20.4. The molecule has 19 heteroatoms. The average Bonchev–Trinajstić information content (AvgIpc) is 3.77. The zero-order chi connectivity index (χ0) is 43.3. The number of nitrogens with zero attached hydrogens (tertiary/aromatic N) is 7. The molecule has 5 heterocycles. The second kappa shape index (κ2) is 18.1. The van der Waals surface area contributed by atoms with E-state index in [1.54, 1.807) is 55.0 Å². The fourth-order valence-corrected chi connectivity index (χ4v) is 8.73. The van der Waals surface area contributed by atoms with E-state index >= 15 is 0 Å². The molecule has 316 valence electrons. The number of amides is 1. The van der Waals surface area contributed by atoms with Crippen LogP contribution in [0.4, 0.5) is 29.5 Å². The van der Waals surface area contributed by atoms with Gasteiger partial charge in [0.05, 0.1) is 35.3 Å². The number of hydrogen-bond donors (Lipinski definition) is 3. The summed E-state index contributed by atoms with van der Waals surface area (Å²) in [6, 6.07) is 18.3. The maximum absolute atomic E-state index is 14.9. The lowest BCUT2D eigenvalue weighted by Crippen LogP contribution is -2.35. The van der Waals surface area contributed by atoms with Crippen molar-refractivity contribution in [3.05, 3.63) is 121 Å². The van der Waals surface area contributed by atoms with Crippen molar-refractivity contribution in [2.24, 2.45) is 11.7 Å². The Labute approximate surface area is 348 Å². The summed E-state index contributed by atoms with van der Waals surface area (Å²) in [7, 11) is -3.89. The van der Waals surface area contributed by atoms with Gasteiger partial charge in [0.1, 0.15) is 5.82 Å². The number of sulfonamides is 1. The number of aromatic nitrogens is 5. The Kier molecular flexibility index (Phi) is 12.6. The van der Waals surface area contributed by atoms with Crippen molar-refractivity contribution in [1.29, 1.82) is 0 Å². The lowest BCUT2D eigenvalue weighted by Gasteiger charge is -2.27. The summed E-state index contributed by atoms with van der Waals surface area (Å²) in [6.07, 6.45) is 3.62. The zero-order valence-electron chi connectivity index (χ0n) is 32.5. The van der Waals surface area contributed by atoms with Crippen molar-refractivity contribution in [2.75, 3.05) is 50.9 Å². The lowest BCUT2D eigenvalue weighted by molar-refractivity contribution is -0.137. The van der Waals surface area contributed by atoms with E-state index in [9.17, 15) is 30.8 Å². The van der Waals surface area contributed by atoms with Crippen LogP contribution in [0.1, 0.15) is 17.5 Å². The van der Waals surface area contributed by atoms with Gasteiger partial charge in [0.15, 0.2) is 0 Å². The summed E-state index contributed by atoms with van der Waals surface area (Å²) in [5.41, 5.74) is 20.6. The van der Waals surface area contributed by atoms with Gasteiger partial charge in [-0.05, 0) is 53.4 Å². The van der Waals surface area contributed by atoms with Crippen molar-refractivity contribution >= 4 is 27.8 Å². The third-order valence-corrected chi connectivity index (χ3v) is 12.2. The van der Waals surface area contributed by atoms with Crippen molar-refractivity contribution in [1.82, 2.24) is 34.1 Å². The quantitative estimate of drug-likeness (QED) is 0.150. The normalized spacial score (nSPS) is 16.2. The summed E-state index contributed by atoms with van der Waals surface area (Å²) in [5.74, 6) is -1.32. The van der Waals surface area contributed by atoms with Gasteiger partial charge in [0.2, 0.25) is 27.8 Å². The van der Waals surface area contributed by atoms with Crippen LogP contribution in [-0.2, 0) is 32.3 Å². The van der Waals surface area contributed by atoms with Gasteiger partial charge < -0.3 is 21.9 Å². The number of carbonyl (C=O) groups excluding carboxylic acids is 1. The highest BCUT2D eigenvalue weighted by atomic mass is 32.2. The molecule has 0 unspecified atom stereocenters. The van der Waals surface area contributed by atoms with Gasteiger partial charge in [0, 0.05) is 91.5 Å². The Balaban J connectivity index is 0.000000184. The molecule has 0 saturated carbocycles. The van der Waals surface area contributed by atoms with Crippen LogP contribution in [0.5, 0.6) is 0 Å². The maximum Gasteiger partial charge on any atom is 0.416 e. The number of alkyl halides is 3. The number of nitrogens with two attached hydrogens (primary N) is 3. The SMILES string of the molecule is NC(=O)[C@H]1CCN(S(=O)(=O)c2ccccc2-c2ccc(-c3cnc(N)nc3)c(F)c2)C1.Nc1ncc(-c2ccc(-c3ccc(C(F)(F)F)cc3CN3CCOCC3)cn2)cn1. The fraction of sp³-hybridized carbons (Fsp3) is 0.238. The maximum atomic E-state index is 14.9. The minimum atomic E-state index is -4.39. The van der Waals surface area contributed by atoms with Crippen LogP contribution in [0.3, 0.4) is 0 Å². The van der Waals surface area contributed by atoms with Crippen LogP contribution >= 0.6 is 0 Å². The molecule has 61 heavy (non-hydrogen) atoms. The number of morpholine rings is 1. The lowest BCUT2D eigenvalue weighted by atomic mass is 9.97. The van der Waals surface area contributed by atoms with Crippen LogP contribution in [0.2, 0.25) is 0 Å². The highest BCUT2D eigenvalue weighted by Crippen LogP contribution is 2.36. The molecule has 0 aliphatic carbocycles. The molecular formula is C42H40F4N10O4S. The van der Waals surface area contributed by atoms with Gasteiger partial charge >= 0.3 is 6.18 Å². The fourth-order valence-electron chi connectivity index (χ4n) is 7.02. The first kappa shape index (κ1) is 42.7. The van der Waals surface area contributed by atoms with Gasteiger partial charge in [-0.2, -0.15) is 17.5 Å². The molecule has 2 aliphatic rings. The summed E-state index contributed by atoms with van der Waals surface area (Å²) in [4.78, 5) is 33.7. The first-order chi connectivity index (χ1) is 29.2. The predicted molar refractivity (Wildman–Crippen MR) is 220 cm³/mol. The number of carbonyl (C=O) groups is 1. The van der Waals surface area contributed by atoms with Gasteiger partial charge in [0.25, 0.3) is 0 Å². The van der Waals surface area contributed by atoms with Crippen molar-refractivity contribution in [3.63, 3.8) is 0 Å². The molecule has 6 aromatic rings. The molecule has 1 atom stereocenters. The van der Waals surface area contributed by atoms with Gasteiger partial charge in [-0.25, -0.2) is 32.7 Å². The molecule has 0 radical (unpaired) electrons. The molecule has 2 aliphatic heterocycles.